The van der Waals surface area contributed by atoms with Gasteiger partial charge >= 0.3 is 0 Å². The van der Waals surface area contributed by atoms with E-state index in [-0.39, 0.29) is 28.4 Å². The fraction of sp³-hybridized carbons (Fsp3) is 0.420. The molecule has 3 N–H and O–H groups in total. The van der Waals surface area contributed by atoms with E-state index in [2.05, 4.69) is 60.8 Å². The van der Waals surface area contributed by atoms with Crippen LogP contribution in [0.5, 0.6) is 0 Å². The number of nitro groups is 1. The summed E-state index contributed by atoms with van der Waals surface area (Å²) in [5.74, 6) is -0.905. The summed E-state index contributed by atoms with van der Waals surface area (Å²) < 4.78 is 37.3. The third-order valence-corrected chi connectivity index (χ3v) is 16.0. The summed E-state index contributed by atoms with van der Waals surface area (Å²) in [7, 11) is -4.58. The largest absolute Gasteiger partial charge is 0.379 e. The summed E-state index contributed by atoms with van der Waals surface area (Å²) in [5, 5.41) is 22.0. The Balaban J connectivity index is 0.884. The number of benzene rings is 3. The average Bonchev–Trinajstić information content (AvgIpc) is 3.98. The molecule has 4 aliphatic rings. The molecule has 2 saturated heterocycles. The maximum atomic E-state index is 14.3. The highest BCUT2D eigenvalue weighted by Crippen LogP contribution is 2.43. The summed E-state index contributed by atoms with van der Waals surface area (Å²) in [6.07, 6.45) is 10.2. The SMILES string of the molecule is CC1(C)CCC(CN2CCN(c3ccc(C(=O)NS(=O)(=O)c4ccc(NC5CCC(N6CCOCC6)CC5)c([N+](=O)[O-])c4)c(-n4ncc5nc6[nH]ccc6cc54)c3)CC2)=C(c2ccc(Cl)cc2)C1. The molecule has 1 saturated carbocycles. The van der Waals surface area contributed by atoms with Crippen LogP contribution in [0.15, 0.2) is 95.7 Å². The first kappa shape index (κ1) is 45.9. The number of nitrogens with one attached hydrogen (secondary N) is 3. The Labute approximate surface area is 400 Å². The van der Waals surface area contributed by atoms with Gasteiger partial charge < -0.3 is 19.9 Å². The summed E-state index contributed by atoms with van der Waals surface area (Å²) >= 11 is 6.27. The van der Waals surface area contributed by atoms with E-state index in [0.29, 0.717) is 28.4 Å². The van der Waals surface area contributed by atoms with E-state index >= 15 is 0 Å². The number of aromatic amines is 1. The first-order valence-corrected chi connectivity index (χ1v) is 25.5. The van der Waals surface area contributed by atoms with Crippen molar-refractivity contribution in [2.75, 3.05) is 69.2 Å². The number of nitro benzene ring substituents is 1. The molecule has 10 rings (SSSR count). The van der Waals surface area contributed by atoms with Crippen molar-refractivity contribution >= 4 is 72.2 Å². The molecule has 0 atom stereocenters. The number of halogens is 1. The van der Waals surface area contributed by atoms with Gasteiger partial charge in [-0.25, -0.2) is 22.8 Å². The van der Waals surface area contributed by atoms with Crippen molar-refractivity contribution in [1.29, 1.82) is 0 Å². The van der Waals surface area contributed by atoms with Gasteiger partial charge in [-0.15, -0.1) is 0 Å². The first-order valence-electron chi connectivity index (χ1n) is 23.6. The van der Waals surface area contributed by atoms with E-state index < -0.39 is 25.7 Å². The highest BCUT2D eigenvalue weighted by Gasteiger charge is 2.32. The Morgan fingerprint density at radius 1 is 0.956 bits per heavy atom. The van der Waals surface area contributed by atoms with E-state index in [1.54, 1.807) is 23.1 Å². The topological polar surface area (TPSA) is 184 Å². The van der Waals surface area contributed by atoms with Crippen LogP contribution >= 0.6 is 11.6 Å². The number of carbonyl (C=O) groups is 1. The van der Waals surface area contributed by atoms with Gasteiger partial charge in [0.1, 0.15) is 16.9 Å². The van der Waals surface area contributed by atoms with Gasteiger partial charge in [0, 0.05) is 86.3 Å². The molecule has 0 radical (unpaired) electrons. The normalized spacial score (nSPS) is 20.8. The zero-order valence-electron chi connectivity index (χ0n) is 38.4. The molecule has 3 aromatic carbocycles. The van der Waals surface area contributed by atoms with Crippen LogP contribution in [0, 0.1) is 15.5 Å². The van der Waals surface area contributed by atoms with Gasteiger partial charge in [0.2, 0.25) is 0 Å². The number of carbonyl (C=O) groups excluding carboxylic acids is 1. The number of H-pyrrole nitrogens is 1. The summed E-state index contributed by atoms with van der Waals surface area (Å²) in [4.78, 5) is 40.8. The molecule has 5 heterocycles. The second-order valence-corrected chi connectivity index (χ2v) is 21.5. The number of pyridine rings is 1. The van der Waals surface area contributed by atoms with Crippen LogP contribution in [0.4, 0.5) is 17.1 Å². The van der Waals surface area contributed by atoms with E-state index in [0.717, 1.165) is 126 Å². The number of rotatable bonds is 12. The number of hydrogen-bond acceptors (Lipinski definition) is 12. The molecule has 6 aromatic rings. The molecule has 0 unspecified atom stereocenters. The Morgan fingerprint density at radius 2 is 1.72 bits per heavy atom. The van der Waals surface area contributed by atoms with Crippen LogP contribution in [0.3, 0.4) is 0 Å². The predicted molar refractivity (Wildman–Crippen MR) is 265 cm³/mol. The lowest BCUT2D eigenvalue weighted by Gasteiger charge is -2.39. The zero-order valence-corrected chi connectivity index (χ0v) is 40.0. The van der Waals surface area contributed by atoms with Crippen molar-refractivity contribution in [3.63, 3.8) is 0 Å². The van der Waals surface area contributed by atoms with Crippen LogP contribution < -0.4 is 14.9 Å². The van der Waals surface area contributed by atoms with Crippen molar-refractivity contribution in [1.82, 2.24) is 34.3 Å². The maximum absolute atomic E-state index is 14.3. The van der Waals surface area contributed by atoms with Gasteiger partial charge in [0.25, 0.3) is 21.6 Å². The molecule has 2 aliphatic heterocycles. The Bertz CT molecular complexity index is 3000. The molecule has 1 amide bonds. The van der Waals surface area contributed by atoms with Crippen molar-refractivity contribution < 1.29 is 22.9 Å². The van der Waals surface area contributed by atoms with E-state index in [4.69, 9.17) is 21.3 Å². The lowest BCUT2D eigenvalue weighted by atomic mass is 9.72. The lowest BCUT2D eigenvalue weighted by molar-refractivity contribution is -0.384. The molecule has 0 spiro atoms. The lowest BCUT2D eigenvalue weighted by Crippen LogP contribution is -2.47. The summed E-state index contributed by atoms with van der Waals surface area (Å²) in [6.45, 7) is 12.0. The molecule has 2 aliphatic carbocycles. The van der Waals surface area contributed by atoms with Crippen molar-refractivity contribution in [2.24, 2.45) is 5.41 Å². The highest BCUT2D eigenvalue weighted by molar-refractivity contribution is 7.90. The average molecular weight is 962 g/mol. The fourth-order valence-electron chi connectivity index (χ4n) is 10.5. The summed E-state index contributed by atoms with van der Waals surface area (Å²) in [6, 6.07) is 21.5. The fourth-order valence-corrected chi connectivity index (χ4v) is 11.6. The number of anilines is 2. The van der Waals surface area contributed by atoms with Crippen LogP contribution in [0.2, 0.25) is 5.02 Å². The molecular weight excluding hydrogens is 904 g/mol. The highest BCUT2D eigenvalue weighted by atomic mass is 35.5. The minimum absolute atomic E-state index is 0.00124. The van der Waals surface area contributed by atoms with Gasteiger partial charge in [-0.2, -0.15) is 5.10 Å². The van der Waals surface area contributed by atoms with Crippen molar-refractivity contribution in [2.45, 2.75) is 75.8 Å². The zero-order chi connectivity index (χ0) is 47.2. The second-order valence-electron chi connectivity index (χ2n) is 19.4. The number of ether oxygens (including phenoxy) is 1. The minimum Gasteiger partial charge on any atom is -0.379 e. The predicted octanol–water partition coefficient (Wildman–Crippen LogP) is 8.42. The van der Waals surface area contributed by atoms with Gasteiger partial charge in [-0.3, -0.25) is 24.7 Å². The Morgan fingerprint density at radius 3 is 2.47 bits per heavy atom. The quantitative estimate of drug-likeness (QED) is 0.0788. The maximum Gasteiger partial charge on any atom is 0.293 e. The van der Waals surface area contributed by atoms with E-state index in [1.165, 1.54) is 28.8 Å². The molecule has 0 bridgehead atoms. The van der Waals surface area contributed by atoms with Gasteiger partial charge in [-0.05, 0) is 116 Å². The van der Waals surface area contributed by atoms with Gasteiger partial charge in [0.05, 0.1) is 46.0 Å². The Hall–Kier alpha value is -5.85. The minimum atomic E-state index is -4.58. The standard InChI is InChI=1S/C50H57ClN10O6S/c1-50(2)17-15-35(42(30-50)33-3-5-36(51)6-4-33)32-57-19-21-58(22-20-57)39-11-13-41(45(28-39)60-46-27-34-16-18-52-48(34)55-44(46)31-53-60)49(62)56-68(65,66)40-12-14-43(47(29-40)61(63)64)54-37-7-9-38(10-8-37)59-23-25-67-26-24-59/h3-6,11-14,16,18,27-29,31,37-38,54H,7-10,15,17,19-26,30,32H2,1-2H3,(H,52,55)(H,56,62). The number of aromatic nitrogens is 4. The molecule has 3 fully saturated rings. The smallest absolute Gasteiger partial charge is 0.293 e. The van der Waals surface area contributed by atoms with Crippen LogP contribution in [0.1, 0.15) is 74.7 Å². The van der Waals surface area contributed by atoms with Crippen molar-refractivity contribution in [3.8, 4) is 5.69 Å². The third-order valence-electron chi connectivity index (χ3n) is 14.4. The summed E-state index contributed by atoms with van der Waals surface area (Å²) in [5.41, 5.74) is 7.37. The number of hydrogen-bond donors (Lipinski definition) is 3. The van der Waals surface area contributed by atoms with E-state index in [1.807, 2.05) is 36.4 Å². The number of amides is 1. The molecule has 356 valence electrons. The molecule has 3 aromatic heterocycles. The van der Waals surface area contributed by atoms with E-state index in [9.17, 15) is 23.3 Å². The second kappa shape index (κ2) is 18.9. The number of nitrogens with zero attached hydrogens (tertiary/aromatic N) is 7. The van der Waals surface area contributed by atoms with Crippen LogP contribution in [-0.4, -0.2) is 120 Å². The monoisotopic (exact) mass is 960 g/mol. The number of morpholine rings is 1. The van der Waals surface area contributed by atoms with Gasteiger partial charge in [-0.1, -0.05) is 43.2 Å². The molecule has 68 heavy (non-hydrogen) atoms. The first-order chi connectivity index (χ1) is 32.8. The molecule has 18 heteroatoms. The van der Waals surface area contributed by atoms with Crippen LogP contribution in [0.25, 0.3) is 33.3 Å². The number of piperazine rings is 1. The van der Waals surface area contributed by atoms with Gasteiger partial charge in [0.15, 0.2) is 0 Å². The van der Waals surface area contributed by atoms with Crippen molar-refractivity contribution in [3.05, 3.63) is 117 Å². The third kappa shape index (κ3) is 9.72. The number of fused-ring (bicyclic) bond motifs is 2. The molecular formula is C50H57ClN10O6S. The number of allylic oxidation sites excluding steroid dienone is 1. The Kier molecular flexibility index (Phi) is 12.8. The molecule has 16 nitrogen and oxygen atoms in total. The number of sulfonamides is 1. The van der Waals surface area contributed by atoms with Crippen LogP contribution in [-0.2, 0) is 14.8 Å².